The molecule has 0 aromatic heterocycles. The van der Waals surface area contributed by atoms with Gasteiger partial charge in [0, 0.05) is 6.04 Å². The van der Waals surface area contributed by atoms with Gasteiger partial charge in [0.1, 0.15) is 0 Å². The van der Waals surface area contributed by atoms with Crippen LogP contribution in [-0.4, -0.2) is 17.5 Å². The molecule has 2 N–H and O–H groups in total. The quantitative estimate of drug-likeness (QED) is 0.740. The van der Waals surface area contributed by atoms with E-state index in [2.05, 4.69) is 11.8 Å². The Morgan fingerprint density at radius 1 is 1.00 bits per heavy atom. The first-order chi connectivity index (χ1) is 6.38. The molecular formula is C11H21NS. The van der Waals surface area contributed by atoms with E-state index in [0.29, 0.717) is 6.04 Å². The van der Waals surface area contributed by atoms with Crippen molar-refractivity contribution in [1.82, 2.24) is 0 Å². The fourth-order valence-corrected chi connectivity index (χ4v) is 4.03. The van der Waals surface area contributed by atoms with Crippen molar-refractivity contribution in [2.45, 2.75) is 44.6 Å². The molecular weight excluding hydrogens is 178 g/mol. The predicted molar refractivity (Wildman–Crippen MR) is 60.0 cm³/mol. The number of rotatable bonds is 2. The Kier molecular flexibility index (Phi) is 3.56. The van der Waals surface area contributed by atoms with Crippen LogP contribution in [-0.2, 0) is 0 Å². The maximum atomic E-state index is 6.34. The van der Waals surface area contributed by atoms with Crippen molar-refractivity contribution >= 4 is 11.8 Å². The van der Waals surface area contributed by atoms with Gasteiger partial charge in [-0.25, -0.2) is 0 Å². The van der Waals surface area contributed by atoms with E-state index >= 15 is 0 Å². The third-order valence-electron chi connectivity index (χ3n) is 3.68. The van der Waals surface area contributed by atoms with E-state index in [1.807, 2.05) is 0 Å². The maximum Gasteiger partial charge on any atom is 0.0103 e. The highest BCUT2D eigenvalue weighted by atomic mass is 32.2. The summed E-state index contributed by atoms with van der Waals surface area (Å²) in [5.74, 6) is 4.40. The minimum atomic E-state index is 0.523. The van der Waals surface area contributed by atoms with Gasteiger partial charge >= 0.3 is 0 Å². The number of nitrogens with two attached hydrogens (primary N) is 1. The molecule has 0 aromatic carbocycles. The van der Waals surface area contributed by atoms with Gasteiger partial charge in [-0.05, 0) is 49.0 Å². The minimum Gasteiger partial charge on any atom is -0.327 e. The molecule has 1 saturated heterocycles. The fourth-order valence-electron chi connectivity index (χ4n) is 2.80. The highest BCUT2D eigenvalue weighted by Crippen LogP contribution is 2.34. The smallest absolute Gasteiger partial charge is 0.0103 e. The molecule has 2 fully saturated rings. The van der Waals surface area contributed by atoms with Gasteiger partial charge in [0.25, 0.3) is 0 Å². The molecule has 0 radical (unpaired) electrons. The van der Waals surface area contributed by atoms with Gasteiger partial charge in [0.05, 0.1) is 0 Å². The Hall–Kier alpha value is 0.310. The van der Waals surface area contributed by atoms with Crippen molar-refractivity contribution in [3.8, 4) is 0 Å². The van der Waals surface area contributed by atoms with Crippen LogP contribution in [0.4, 0.5) is 0 Å². The zero-order valence-electron chi connectivity index (χ0n) is 8.37. The van der Waals surface area contributed by atoms with Crippen LogP contribution in [0.25, 0.3) is 0 Å². The lowest BCUT2D eigenvalue weighted by atomic mass is 9.86. The molecule has 0 aromatic rings. The first kappa shape index (κ1) is 9.85. The van der Waals surface area contributed by atoms with Crippen molar-refractivity contribution in [3.05, 3.63) is 0 Å². The highest BCUT2D eigenvalue weighted by molar-refractivity contribution is 7.99. The Morgan fingerprint density at radius 2 is 1.69 bits per heavy atom. The lowest BCUT2D eigenvalue weighted by Gasteiger charge is -2.31. The predicted octanol–water partition coefficient (Wildman–Crippen LogP) is 2.65. The summed E-state index contributed by atoms with van der Waals surface area (Å²) >= 11 is 2.11. The fraction of sp³-hybridized carbons (Fsp3) is 1.00. The van der Waals surface area contributed by atoms with Crippen LogP contribution in [0.1, 0.15) is 38.5 Å². The molecule has 0 spiro atoms. The summed E-state index contributed by atoms with van der Waals surface area (Å²) in [4.78, 5) is 0. The van der Waals surface area contributed by atoms with Crippen LogP contribution >= 0.6 is 11.8 Å². The van der Waals surface area contributed by atoms with Crippen molar-refractivity contribution in [2.75, 3.05) is 11.5 Å². The Morgan fingerprint density at radius 3 is 2.31 bits per heavy atom. The first-order valence-corrected chi connectivity index (χ1v) is 6.87. The number of hydrogen-bond acceptors (Lipinski definition) is 2. The first-order valence-electron chi connectivity index (χ1n) is 5.71. The molecule has 1 nitrogen and oxygen atoms in total. The molecule has 1 aliphatic heterocycles. The monoisotopic (exact) mass is 199 g/mol. The van der Waals surface area contributed by atoms with Gasteiger partial charge < -0.3 is 5.73 Å². The summed E-state index contributed by atoms with van der Waals surface area (Å²) < 4.78 is 0. The second-order valence-electron chi connectivity index (χ2n) is 4.60. The zero-order valence-corrected chi connectivity index (χ0v) is 9.19. The summed E-state index contributed by atoms with van der Waals surface area (Å²) in [6.45, 7) is 0. The second kappa shape index (κ2) is 4.70. The standard InChI is InChI=1S/C11H21NS/c12-11(9-4-1-2-5-9)10-6-3-7-13-8-10/h9-11H,1-8,12H2. The van der Waals surface area contributed by atoms with E-state index in [4.69, 9.17) is 5.73 Å². The van der Waals surface area contributed by atoms with E-state index in [1.54, 1.807) is 0 Å². The van der Waals surface area contributed by atoms with Crippen molar-refractivity contribution in [2.24, 2.45) is 17.6 Å². The second-order valence-corrected chi connectivity index (χ2v) is 5.75. The van der Waals surface area contributed by atoms with Crippen molar-refractivity contribution in [3.63, 3.8) is 0 Å². The van der Waals surface area contributed by atoms with Gasteiger partial charge in [0.15, 0.2) is 0 Å². The molecule has 1 aliphatic carbocycles. The molecule has 1 heterocycles. The average Bonchev–Trinajstić information content (AvgIpc) is 2.71. The van der Waals surface area contributed by atoms with E-state index < -0.39 is 0 Å². The molecule has 2 aliphatic rings. The average molecular weight is 199 g/mol. The summed E-state index contributed by atoms with van der Waals surface area (Å²) in [6.07, 6.45) is 8.46. The SMILES string of the molecule is NC(C1CCCC1)C1CCCSC1. The normalized spacial score (nSPS) is 33.5. The van der Waals surface area contributed by atoms with Gasteiger partial charge in [0.2, 0.25) is 0 Å². The van der Waals surface area contributed by atoms with Crippen molar-refractivity contribution < 1.29 is 0 Å². The minimum absolute atomic E-state index is 0.523. The lowest BCUT2D eigenvalue weighted by Crippen LogP contribution is -2.39. The topological polar surface area (TPSA) is 26.0 Å². The molecule has 0 bridgehead atoms. The van der Waals surface area contributed by atoms with Crippen LogP contribution in [0.2, 0.25) is 0 Å². The van der Waals surface area contributed by atoms with Crippen LogP contribution in [0.3, 0.4) is 0 Å². The van der Waals surface area contributed by atoms with Crippen LogP contribution in [0, 0.1) is 11.8 Å². The molecule has 13 heavy (non-hydrogen) atoms. The molecule has 2 heteroatoms. The summed E-state index contributed by atoms with van der Waals surface area (Å²) in [7, 11) is 0. The molecule has 2 unspecified atom stereocenters. The van der Waals surface area contributed by atoms with Crippen molar-refractivity contribution in [1.29, 1.82) is 0 Å². The van der Waals surface area contributed by atoms with E-state index in [0.717, 1.165) is 11.8 Å². The van der Waals surface area contributed by atoms with Gasteiger partial charge in [-0.1, -0.05) is 12.8 Å². The van der Waals surface area contributed by atoms with E-state index in [9.17, 15) is 0 Å². The number of thioether (sulfide) groups is 1. The maximum absolute atomic E-state index is 6.34. The molecule has 2 rings (SSSR count). The van der Waals surface area contributed by atoms with Gasteiger partial charge in [-0.2, -0.15) is 11.8 Å². The third kappa shape index (κ3) is 2.41. The Labute approximate surface area is 85.8 Å². The largest absolute Gasteiger partial charge is 0.327 e. The van der Waals surface area contributed by atoms with Gasteiger partial charge in [-0.15, -0.1) is 0 Å². The van der Waals surface area contributed by atoms with Crippen LogP contribution in [0.15, 0.2) is 0 Å². The molecule has 1 saturated carbocycles. The lowest BCUT2D eigenvalue weighted by molar-refractivity contribution is 0.315. The van der Waals surface area contributed by atoms with E-state index in [1.165, 1.54) is 50.0 Å². The Balaban J connectivity index is 1.83. The zero-order chi connectivity index (χ0) is 9.10. The molecule has 2 atom stereocenters. The molecule has 76 valence electrons. The van der Waals surface area contributed by atoms with Gasteiger partial charge in [-0.3, -0.25) is 0 Å². The van der Waals surface area contributed by atoms with E-state index in [-0.39, 0.29) is 0 Å². The summed E-state index contributed by atoms with van der Waals surface area (Å²) in [6, 6.07) is 0.523. The summed E-state index contributed by atoms with van der Waals surface area (Å²) in [5.41, 5.74) is 6.34. The Bertz CT molecular complexity index is 148. The van der Waals surface area contributed by atoms with Crippen LogP contribution in [0.5, 0.6) is 0 Å². The highest BCUT2D eigenvalue weighted by Gasteiger charge is 2.29. The summed E-state index contributed by atoms with van der Waals surface area (Å²) in [5, 5.41) is 0. The molecule has 0 amide bonds. The van der Waals surface area contributed by atoms with Crippen LogP contribution < -0.4 is 5.73 Å². The third-order valence-corrected chi connectivity index (χ3v) is 4.93. The number of hydrogen-bond donors (Lipinski definition) is 1.